The van der Waals surface area contributed by atoms with E-state index in [-0.39, 0.29) is 0 Å². The molecule has 6 heteroatoms. The molecule has 1 aliphatic rings. The standard InChI is InChI=1S/C13H14ClN3OS/c14-10-3-1-9(2-4-10)7-12-16-17-13(19-12)15-11-5-6-18-8-11/h1-4,11H,5-8H2,(H,15,17). The van der Waals surface area contributed by atoms with Crippen LogP contribution in [0.3, 0.4) is 0 Å². The number of aromatic nitrogens is 2. The summed E-state index contributed by atoms with van der Waals surface area (Å²) < 4.78 is 5.32. The highest BCUT2D eigenvalue weighted by molar-refractivity contribution is 7.15. The van der Waals surface area contributed by atoms with Crippen molar-refractivity contribution < 1.29 is 4.74 Å². The van der Waals surface area contributed by atoms with Crippen LogP contribution in [0, 0.1) is 0 Å². The number of benzene rings is 1. The second-order valence-corrected chi connectivity index (χ2v) is 6.01. The van der Waals surface area contributed by atoms with Gasteiger partial charge in [0.25, 0.3) is 0 Å². The Hall–Kier alpha value is -1.17. The van der Waals surface area contributed by atoms with E-state index < -0.39 is 0 Å². The Labute approximate surface area is 120 Å². The van der Waals surface area contributed by atoms with Gasteiger partial charge in [0.1, 0.15) is 5.01 Å². The minimum absolute atomic E-state index is 0.372. The van der Waals surface area contributed by atoms with Crippen molar-refractivity contribution in [3.8, 4) is 0 Å². The Kier molecular flexibility index (Phi) is 3.96. The zero-order valence-electron chi connectivity index (χ0n) is 10.3. The molecular formula is C13H14ClN3OS. The SMILES string of the molecule is Clc1ccc(Cc2nnc(NC3CCOC3)s2)cc1. The van der Waals surface area contributed by atoms with Crippen molar-refractivity contribution in [2.45, 2.75) is 18.9 Å². The van der Waals surface area contributed by atoms with Gasteiger partial charge in [-0.1, -0.05) is 35.1 Å². The summed E-state index contributed by atoms with van der Waals surface area (Å²) in [6, 6.07) is 8.19. The first-order valence-electron chi connectivity index (χ1n) is 6.21. The Balaban J connectivity index is 1.62. The van der Waals surface area contributed by atoms with Crippen molar-refractivity contribution in [2.24, 2.45) is 0 Å². The molecule has 1 aromatic heterocycles. The third-order valence-corrected chi connectivity index (χ3v) is 4.10. The van der Waals surface area contributed by atoms with Gasteiger partial charge in [-0.3, -0.25) is 0 Å². The van der Waals surface area contributed by atoms with Crippen LogP contribution in [0.4, 0.5) is 5.13 Å². The molecule has 100 valence electrons. The number of hydrogen-bond donors (Lipinski definition) is 1. The molecule has 1 N–H and O–H groups in total. The summed E-state index contributed by atoms with van der Waals surface area (Å²) in [6.45, 7) is 1.58. The lowest BCUT2D eigenvalue weighted by molar-refractivity contribution is 0.195. The smallest absolute Gasteiger partial charge is 0.205 e. The van der Waals surface area contributed by atoms with Crippen molar-refractivity contribution in [2.75, 3.05) is 18.5 Å². The fourth-order valence-corrected chi connectivity index (χ4v) is 2.96. The van der Waals surface area contributed by atoms with Gasteiger partial charge in [0.05, 0.1) is 12.6 Å². The highest BCUT2D eigenvalue weighted by Gasteiger charge is 2.17. The summed E-state index contributed by atoms with van der Waals surface area (Å²) in [5.41, 5.74) is 1.19. The zero-order chi connectivity index (χ0) is 13.1. The average molecular weight is 296 g/mol. The molecule has 2 aromatic rings. The van der Waals surface area contributed by atoms with Gasteiger partial charge in [-0.15, -0.1) is 10.2 Å². The third kappa shape index (κ3) is 3.43. The van der Waals surface area contributed by atoms with Gasteiger partial charge in [-0.2, -0.15) is 0 Å². The number of nitrogens with one attached hydrogen (secondary N) is 1. The molecule has 0 bridgehead atoms. The number of rotatable bonds is 4. The lowest BCUT2D eigenvalue weighted by Crippen LogP contribution is -2.18. The van der Waals surface area contributed by atoms with Gasteiger partial charge in [-0.25, -0.2) is 0 Å². The third-order valence-electron chi connectivity index (χ3n) is 2.99. The molecular weight excluding hydrogens is 282 g/mol. The predicted molar refractivity (Wildman–Crippen MR) is 77.0 cm³/mol. The maximum Gasteiger partial charge on any atom is 0.205 e. The van der Waals surface area contributed by atoms with Crippen LogP contribution < -0.4 is 5.32 Å². The fourth-order valence-electron chi connectivity index (χ4n) is 1.98. The number of ether oxygens (including phenoxy) is 1. The molecule has 1 aliphatic heterocycles. The Morgan fingerprint density at radius 1 is 1.32 bits per heavy atom. The second-order valence-electron chi connectivity index (χ2n) is 4.51. The molecule has 1 atom stereocenters. The largest absolute Gasteiger partial charge is 0.379 e. The maximum atomic E-state index is 5.87. The van der Waals surface area contributed by atoms with E-state index in [9.17, 15) is 0 Å². The second kappa shape index (κ2) is 5.86. The minimum atomic E-state index is 0.372. The van der Waals surface area contributed by atoms with Crippen LogP contribution in [0.1, 0.15) is 17.0 Å². The van der Waals surface area contributed by atoms with E-state index in [1.807, 2.05) is 24.3 Å². The van der Waals surface area contributed by atoms with Crippen molar-refractivity contribution in [1.29, 1.82) is 0 Å². The molecule has 0 aliphatic carbocycles. The first kappa shape index (κ1) is 12.8. The summed E-state index contributed by atoms with van der Waals surface area (Å²) >= 11 is 7.46. The molecule has 1 saturated heterocycles. The molecule has 19 heavy (non-hydrogen) atoms. The molecule has 0 spiro atoms. The van der Waals surface area contributed by atoms with E-state index >= 15 is 0 Å². The first-order valence-corrected chi connectivity index (χ1v) is 7.40. The molecule has 3 rings (SSSR count). The van der Waals surface area contributed by atoms with E-state index in [1.54, 1.807) is 11.3 Å². The van der Waals surface area contributed by atoms with Gasteiger partial charge in [-0.05, 0) is 24.1 Å². The van der Waals surface area contributed by atoms with Crippen molar-refractivity contribution in [3.63, 3.8) is 0 Å². The summed E-state index contributed by atoms with van der Waals surface area (Å²) in [5, 5.41) is 14.4. The van der Waals surface area contributed by atoms with E-state index in [4.69, 9.17) is 16.3 Å². The van der Waals surface area contributed by atoms with Gasteiger partial charge in [0, 0.05) is 18.1 Å². The molecule has 1 aromatic carbocycles. The lowest BCUT2D eigenvalue weighted by atomic mass is 10.2. The van der Waals surface area contributed by atoms with Crippen LogP contribution in [0.25, 0.3) is 0 Å². The van der Waals surface area contributed by atoms with E-state index in [0.717, 1.165) is 41.2 Å². The highest BCUT2D eigenvalue weighted by Crippen LogP contribution is 2.21. The predicted octanol–water partition coefficient (Wildman–Crippen LogP) is 2.98. The van der Waals surface area contributed by atoms with E-state index in [1.165, 1.54) is 5.56 Å². The number of hydrogen-bond acceptors (Lipinski definition) is 5. The van der Waals surface area contributed by atoms with Crippen LogP contribution in [0.15, 0.2) is 24.3 Å². The first-order chi connectivity index (χ1) is 9.29. The zero-order valence-corrected chi connectivity index (χ0v) is 11.9. The van der Waals surface area contributed by atoms with Gasteiger partial charge >= 0.3 is 0 Å². The quantitative estimate of drug-likeness (QED) is 0.942. The van der Waals surface area contributed by atoms with Crippen molar-refractivity contribution in [1.82, 2.24) is 10.2 Å². The number of anilines is 1. The molecule has 0 amide bonds. The van der Waals surface area contributed by atoms with Crippen LogP contribution >= 0.6 is 22.9 Å². The lowest BCUT2D eigenvalue weighted by Gasteiger charge is -2.06. The Morgan fingerprint density at radius 3 is 2.89 bits per heavy atom. The van der Waals surface area contributed by atoms with E-state index in [0.29, 0.717) is 6.04 Å². The summed E-state index contributed by atoms with van der Waals surface area (Å²) in [4.78, 5) is 0. The van der Waals surface area contributed by atoms with Gasteiger partial charge in [0.15, 0.2) is 0 Å². The summed E-state index contributed by atoms with van der Waals surface area (Å²) in [5.74, 6) is 0. The molecule has 2 heterocycles. The monoisotopic (exact) mass is 295 g/mol. The number of nitrogens with zero attached hydrogens (tertiary/aromatic N) is 2. The van der Waals surface area contributed by atoms with E-state index in [2.05, 4.69) is 15.5 Å². The topological polar surface area (TPSA) is 47.0 Å². The van der Waals surface area contributed by atoms with Crippen LogP contribution in [-0.2, 0) is 11.2 Å². The van der Waals surface area contributed by atoms with Gasteiger partial charge in [0.2, 0.25) is 5.13 Å². The molecule has 4 nitrogen and oxygen atoms in total. The normalized spacial score (nSPS) is 18.7. The summed E-state index contributed by atoms with van der Waals surface area (Å²) in [6.07, 6.45) is 1.82. The highest BCUT2D eigenvalue weighted by atomic mass is 35.5. The van der Waals surface area contributed by atoms with Crippen molar-refractivity contribution in [3.05, 3.63) is 39.9 Å². The van der Waals surface area contributed by atoms with Crippen LogP contribution in [0.5, 0.6) is 0 Å². The molecule has 1 unspecified atom stereocenters. The van der Waals surface area contributed by atoms with Gasteiger partial charge < -0.3 is 10.1 Å². The van der Waals surface area contributed by atoms with Crippen molar-refractivity contribution >= 4 is 28.1 Å². The summed E-state index contributed by atoms with van der Waals surface area (Å²) in [7, 11) is 0. The Bertz CT molecular complexity index is 537. The maximum absolute atomic E-state index is 5.87. The minimum Gasteiger partial charge on any atom is -0.379 e. The number of halogens is 1. The average Bonchev–Trinajstić information content (AvgIpc) is 3.05. The van der Waals surface area contributed by atoms with Crippen LogP contribution in [0.2, 0.25) is 5.02 Å². The molecule has 0 saturated carbocycles. The molecule has 1 fully saturated rings. The Morgan fingerprint density at radius 2 is 2.16 bits per heavy atom. The van der Waals surface area contributed by atoms with Crippen LogP contribution in [-0.4, -0.2) is 29.5 Å². The molecule has 0 radical (unpaired) electrons. The fraction of sp³-hybridized carbons (Fsp3) is 0.385.